The number of fused-ring (bicyclic) bond motifs is 1. The van der Waals surface area contributed by atoms with Gasteiger partial charge in [0.25, 0.3) is 0 Å². The molecule has 2 heterocycles. The van der Waals surface area contributed by atoms with E-state index in [0.717, 1.165) is 53.2 Å². The van der Waals surface area contributed by atoms with Crippen LogP contribution >= 0.6 is 15.9 Å². The van der Waals surface area contributed by atoms with E-state index < -0.39 is 0 Å². The second-order valence-electron chi connectivity index (χ2n) is 5.58. The molecule has 2 fully saturated rings. The summed E-state index contributed by atoms with van der Waals surface area (Å²) in [4.78, 5) is 12.0. The summed E-state index contributed by atoms with van der Waals surface area (Å²) in [6.07, 6.45) is 2.48. The lowest BCUT2D eigenvalue weighted by atomic mass is 10.2. The fourth-order valence-corrected chi connectivity index (χ4v) is 3.10. The molecular weight excluding hydrogens is 316 g/mol. The lowest BCUT2D eigenvalue weighted by Gasteiger charge is -2.29. The van der Waals surface area contributed by atoms with Gasteiger partial charge in [-0.05, 0) is 31.0 Å². The van der Waals surface area contributed by atoms with Crippen LogP contribution in [0.1, 0.15) is 24.6 Å². The Labute approximate surface area is 126 Å². The van der Waals surface area contributed by atoms with Crippen LogP contribution in [0.4, 0.5) is 5.82 Å². The van der Waals surface area contributed by atoms with Gasteiger partial charge in [-0.3, -0.25) is 0 Å². The molecule has 0 amide bonds. The summed E-state index contributed by atoms with van der Waals surface area (Å²) in [6.45, 7) is 4.09. The largest absolute Gasteiger partial charge is 0.353 e. The Bertz CT molecular complexity index is 648. The van der Waals surface area contributed by atoms with E-state index >= 15 is 0 Å². The smallest absolute Gasteiger partial charge is 0.140 e. The van der Waals surface area contributed by atoms with Crippen molar-refractivity contribution < 1.29 is 0 Å². The topological polar surface area (TPSA) is 41.1 Å². The van der Waals surface area contributed by atoms with Gasteiger partial charge >= 0.3 is 0 Å². The van der Waals surface area contributed by atoms with Gasteiger partial charge in [-0.2, -0.15) is 0 Å². The number of benzene rings is 1. The number of halogens is 1. The maximum Gasteiger partial charge on any atom is 0.140 e. The van der Waals surface area contributed by atoms with E-state index in [1.165, 1.54) is 12.8 Å². The molecule has 20 heavy (non-hydrogen) atoms. The first-order valence-electron chi connectivity index (χ1n) is 7.24. The van der Waals surface area contributed by atoms with Crippen molar-refractivity contribution in [3.63, 3.8) is 0 Å². The molecule has 0 radical (unpaired) electrons. The zero-order chi connectivity index (χ0) is 13.5. The summed E-state index contributed by atoms with van der Waals surface area (Å²) in [5, 5.41) is 4.56. The second kappa shape index (κ2) is 4.97. The summed E-state index contributed by atoms with van der Waals surface area (Å²) >= 11 is 3.56. The van der Waals surface area contributed by atoms with Crippen molar-refractivity contribution in [3.8, 4) is 0 Å². The number of piperazine rings is 1. The van der Waals surface area contributed by atoms with Gasteiger partial charge in [0.15, 0.2) is 0 Å². The molecule has 4 rings (SSSR count). The van der Waals surface area contributed by atoms with Crippen LogP contribution in [0.3, 0.4) is 0 Å². The zero-order valence-corrected chi connectivity index (χ0v) is 12.9. The predicted octanol–water partition coefficient (Wildman–Crippen LogP) is 2.68. The fourth-order valence-electron chi connectivity index (χ4n) is 2.74. The van der Waals surface area contributed by atoms with Crippen LogP contribution in [0.2, 0.25) is 0 Å². The molecule has 1 saturated carbocycles. The highest BCUT2D eigenvalue weighted by Gasteiger charge is 2.28. The fraction of sp³-hybridized carbons (Fsp3) is 0.467. The molecule has 2 aliphatic rings. The van der Waals surface area contributed by atoms with Crippen molar-refractivity contribution in [1.29, 1.82) is 0 Å². The van der Waals surface area contributed by atoms with E-state index in [-0.39, 0.29) is 0 Å². The van der Waals surface area contributed by atoms with E-state index in [9.17, 15) is 0 Å². The third kappa shape index (κ3) is 2.29. The number of hydrogen-bond donors (Lipinski definition) is 1. The molecule has 4 nitrogen and oxygen atoms in total. The van der Waals surface area contributed by atoms with Crippen LogP contribution in [0, 0.1) is 0 Å². The summed E-state index contributed by atoms with van der Waals surface area (Å²) in [5.74, 6) is 2.73. The molecule has 1 N–H and O–H groups in total. The van der Waals surface area contributed by atoms with Crippen LogP contribution in [0.15, 0.2) is 22.7 Å². The zero-order valence-electron chi connectivity index (χ0n) is 11.3. The number of rotatable bonds is 2. The van der Waals surface area contributed by atoms with E-state index in [1.807, 2.05) is 0 Å². The average molecular weight is 333 g/mol. The summed E-state index contributed by atoms with van der Waals surface area (Å²) in [6, 6.07) is 6.30. The molecule has 104 valence electrons. The maximum atomic E-state index is 4.89. The summed E-state index contributed by atoms with van der Waals surface area (Å²) < 4.78 is 1.09. The number of aromatic nitrogens is 2. The van der Waals surface area contributed by atoms with E-state index in [0.29, 0.717) is 5.92 Å². The summed E-state index contributed by atoms with van der Waals surface area (Å²) in [5.41, 5.74) is 1.07. The van der Waals surface area contributed by atoms with Crippen LogP contribution in [0.5, 0.6) is 0 Å². The molecule has 0 atom stereocenters. The minimum atomic E-state index is 0.588. The molecule has 0 unspecified atom stereocenters. The number of nitrogens with one attached hydrogen (secondary N) is 1. The van der Waals surface area contributed by atoms with Crippen molar-refractivity contribution >= 4 is 32.7 Å². The summed E-state index contributed by atoms with van der Waals surface area (Å²) in [7, 11) is 0. The van der Waals surface area contributed by atoms with Crippen molar-refractivity contribution in [2.24, 2.45) is 0 Å². The Balaban J connectivity index is 1.87. The van der Waals surface area contributed by atoms with Crippen molar-refractivity contribution in [2.75, 3.05) is 31.1 Å². The Morgan fingerprint density at radius 3 is 2.70 bits per heavy atom. The second-order valence-corrected chi connectivity index (χ2v) is 6.49. The van der Waals surface area contributed by atoms with Gasteiger partial charge in [0.1, 0.15) is 11.6 Å². The maximum absolute atomic E-state index is 4.89. The monoisotopic (exact) mass is 332 g/mol. The molecular formula is C15H17BrN4. The van der Waals surface area contributed by atoms with Crippen LogP contribution in [-0.4, -0.2) is 36.1 Å². The molecule has 5 heteroatoms. The normalized spacial score (nSPS) is 19.6. The third-order valence-corrected chi connectivity index (χ3v) is 4.51. The molecule has 0 bridgehead atoms. The van der Waals surface area contributed by atoms with Crippen molar-refractivity contribution in [3.05, 3.63) is 28.5 Å². The highest BCUT2D eigenvalue weighted by atomic mass is 79.9. The third-order valence-electron chi connectivity index (χ3n) is 4.01. The quantitative estimate of drug-likeness (QED) is 0.917. The minimum Gasteiger partial charge on any atom is -0.353 e. The Morgan fingerprint density at radius 1 is 1.15 bits per heavy atom. The number of nitrogens with zero attached hydrogens (tertiary/aromatic N) is 3. The van der Waals surface area contributed by atoms with Gasteiger partial charge in [0, 0.05) is 42.0 Å². The van der Waals surface area contributed by atoms with Crippen molar-refractivity contribution in [2.45, 2.75) is 18.8 Å². The highest BCUT2D eigenvalue weighted by molar-refractivity contribution is 9.10. The lowest BCUT2D eigenvalue weighted by Crippen LogP contribution is -2.44. The molecule has 1 aromatic heterocycles. The Kier molecular flexibility index (Phi) is 3.11. The Morgan fingerprint density at radius 2 is 1.95 bits per heavy atom. The molecule has 2 aromatic rings. The van der Waals surface area contributed by atoms with Crippen molar-refractivity contribution in [1.82, 2.24) is 15.3 Å². The first-order valence-corrected chi connectivity index (χ1v) is 8.03. The highest BCUT2D eigenvalue weighted by Crippen LogP contribution is 2.40. The number of anilines is 1. The standard InChI is InChI=1S/C15H17BrN4/c16-11-3-4-13-12(9-11)15(20-7-5-17-6-8-20)19-14(18-13)10-1-2-10/h3-4,9-10,17H,1-2,5-8H2. The van der Waals surface area contributed by atoms with Gasteiger partial charge < -0.3 is 10.2 Å². The molecule has 1 aromatic carbocycles. The van der Waals surface area contributed by atoms with E-state index in [2.05, 4.69) is 44.3 Å². The van der Waals surface area contributed by atoms with Crippen LogP contribution in [-0.2, 0) is 0 Å². The average Bonchev–Trinajstić information content (AvgIpc) is 3.32. The van der Waals surface area contributed by atoms with Gasteiger partial charge in [0.05, 0.1) is 5.52 Å². The first-order chi connectivity index (χ1) is 9.81. The predicted molar refractivity (Wildman–Crippen MR) is 84.3 cm³/mol. The van der Waals surface area contributed by atoms with Crippen LogP contribution < -0.4 is 10.2 Å². The SMILES string of the molecule is Brc1ccc2nc(C3CC3)nc(N3CCNCC3)c2c1. The van der Waals surface area contributed by atoms with E-state index in [4.69, 9.17) is 9.97 Å². The Hall–Kier alpha value is -1.20. The van der Waals surface area contributed by atoms with Crippen LogP contribution in [0.25, 0.3) is 10.9 Å². The molecule has 1 aliphatic carbocycles. The lowest BCUT2D eigenvalue weighted by molar-refractivity contribution is 0.585. The molecule has 1 saturated heterocycles. The number of hydrogen-bond acceptors (Lipinski definition) is 4. The first kappa shape index (κ1) is 12.5. The van der Waals surface area contributed by atoms with Gasteiger partial charge in [-0.1, -0.05) is 15.9 Å². The van der Waals surface area contributed by atoms with Gasteiger partial charge in [-0.15, -0.1) is 0 Å². The minimum absolute atomic E-state index is 0.588. The molecule has 0 spiro atoms. The molecule has 1 aliphatic heterocycles. The van der Waals surface area contributed by atoms with Gasteiger partial charge in [0.2, 0.25) is 0 Å². The van der Waals surface area contributed by atoms with E-state index in [1.54, 1.807) is 0 Å². The van der Waals surface area contributed by atoms with Gasteiger partial charge in [-0.25, -0.2) is 9.97 Å².